The third-order valence-electron chi connectivity index (χ3n) is 2.44. The van der Waals surface area contributed by atoms with Gasteiger partial charge < -0.3 is 23.7 Å². The van der Waals surface area contributed by atoms with E-state index >= 15 is 0 Å². The minimum absolute atomic E-state index is 0.0167. The van der Waals surface area contributed by atoms with Crippen LogP contribution in [0.4, 0.5) is 4.79 Å². The lowest BCUT2D eigenvalue weighted by Gasteiger charge is -2.15. The van der Waals surface area contributed by atoms with Gasteiger partial charge in [0.1, 0.15) is 18.5 Å². The van der Waals surface area contributed by atoms with Crippen LogP contribution < -0.4 is 0 Å². The van der Waals surface area contributed by atoms with Crippen LogP contribution in [0.1, 0.15) is 26.7 Å². The summed E-state index contributed by atoms with van der Waals surface area (Å²) in [4.78, 5) is 32.9. The minimum Gasteiger partial charge on any atom is -0.434 e. The van der Waals surface area contributed by atoms with E-state index < -0.39 is 18.4 Å². The molecule has 0 fully saturated rings. The highest BCUT2D eigenvalue weighted by molar-refractivity contribution is 5.80. The highest BCUT2D eigenvalue weighted by Crippen LogP contribution is 2.03. The second-order valence-electron chi connectivity index (χ2n) is 4.15. The van der Waals surface area contributed by atoms with Gasteiger partial charge in [0.05, 0.1) is 13.2 Å². The Balaban J connectivity index is 3.76. The maximum atomic E-state index is 11.1. The van der Waals surface area contributed by atoms with Crippen molar-refractivity contribution < 1.29 is 33.3 Å². The molecule has 2 unspecified atom stereocenters. The minimum atomic E-state index is -0.801. The maximum absolute atomic E-state index is 11.1. The summed E-state index contributed by atoms with van der Waals surface area (Å²) < 4.78 is 19.5. The van der Waals surface area contributed by atoms with Gasteiger partial charge in [-0.15, -0.1) is 0 Å². The van der Waals surface area contributed by atoms with Crippen molar-refractivity contribution in [2.75, 3.05) is 26.9 Å². The summed E-state index contributed by atoms with van der Waals surface area (Å²) in [7, 11) is 1.56. The number of hydrogen-bond acceptors (Lipinski definition) is 7. The molecule has 0 aromatic heterocycles. The number of methoxy groups -OCH3 is 1. The molecule has 7 nitrogen and oxygen atoms in total. The zero-order chi connectivity index (χ0) is 15.4. The van der Waals surface area contributed by atoms with Gasteiger partial charge in [-0.2, -0.15) is 0 Å². The van der Waals surface area contributed by atoms with E-state index in [1.807, 2.05) is 0 Å². The van der Waals surface area contributed by atoms with Crippen LogP contribution in [-0.2, 0) is 28.5 Å². The molecule has 0 aliphatic carbocycles. The second kappa shape index (κ2) is 11.4. The van der Waals surface area contributed by atoms with E-state index in [-0.39, 0.29) is 25.4 Å². The molecule has 0 spiro atoms. The van der Waals surface area contributed by atoms with Gasteiger partial charge in [0.25, 0.3) is 0 Å². The Morgan fingerprint density at radius 2 is 1.80 bits per heavy atom. The molecule has 0 saturated heterocycles. The SMILES string of the molecule is COCCCOC(=O)OCCC(C=O)OC(C)C(C)=O. The van der Waals surface area contributed by atoms with Crippen molar-refractivity contribution in [1.82, 2.24) is 0 Å². The fraction of sp³-hybridized carbons (Fsp3) is 0.769. The largest absolute Gasteiger partial charge is 0.508 e. The summed E-state index contributed by atoms with van der Waals surface area (Å²) in [5, 5.41) is 0. The molecule has 0 rings (SSSR count). The van der Waals surface area contributed by atoms with E-state index in [0.717, 1.165) is 0 Å². The van der Waals surface area contributed by atoms with Crippen molar-refractivity contribution in [2.45, 2.75) is 38.9 Å². The molecule has 0 aromatic carbocycles. The third-order valence-corrected chi connectivity index (χ3v) is 2.44. The van der Waals surface area contributed by atoms with E-state index in [9.17, 15) is 14.4 Å². The number of ketones is 1. The average molecular weight is 290 g/mol. The van der Waals surface area contributed by atoms with Crippen LogP contribution in [0.5, 0.6) is 0 Å². The van der Waals surface area contributed by atoms with E-state index in [2.05, 4.69) is 0 Å². The normalized spacial score (nSPS) is 13.3. The smallest absolute Gasteiger partial charge is 0.434 e. The maximum Gasteiger partial charge on any atom is 0.508 e. The second-order valence-corrected chi connectivity index (χ2v) is 4.15. The van der Waals surface area contributed by atoms with Gasteiger partial charge in [0.2, 0.25) is 0 Å². The molecule has 0 aromatic rings. The highest BCUT2D eigenvalue weighted by Gasteiger charge is 2.16. The van der Waals surface area contributed by atoms with Crippen LogP contribution in [0.25, 0.3) is 0 Å². The number of aldehydes is 1. The van der Waals surface area contributed by atoms with Gasteiger partial charge in [0.15, 0.2) is 5.78 Å². The Hall–Kier alpha value is -1.47. The molecule has 0 aliphatic heterocycles. The zero-order valence-electron chi connectivity index (χ0n) is 12.1. The van der Waals surface area contributed by atoms with E-state index in [1.165, 1.54) is 6.92 Å². The van der Waals surface area contributed by atoms with Crippen molar-refractivity contribution in [3.05, 3.63) is 0 Å². The third kappa shape index (κ3) is 9.46. The average Bonchev–Trinajstić information content (AvgIpc) is 2.42. The van der Waals surface area contributed by atoms with Crippen LogP contribution in [0.2, 0.25) is 0 Å². The Kier molecular flexibility index (Phi) is 10.5. The fourth-order valence-electron chi connectivity index (χ4n) is 1.19. The van der Waals surface area contributed by atoms with E-state index in [4.69, 9.17) is 18.9 Å². The molecule has 0 radical (unpaired) electrons. The zero-order valence-corrected chi connectivity index (χ0v) is 12.1. The molecule has 20 heavy (non-hydrogen) atoms. The molecular weight excluding hydrogens is 268 g/mol. The summed E-state index contributed by atoms with van der Waals surface area (Å²) >= 11 is 0. The van der Waals surface area contributed by atoms with E-state index in [1.54, 1.807) is 14.0 Å². The molecule has 116 valence electrons. The molecular formula is C13H22O7. The van der Waals surface area contributed by atoms with Gasteiger partial charge in [-0.25, -0.2) is 4.79 Å². The Morgan fingerprint density at radius 3 is 2.35 bits per heavy atom. The van der Waals surface area contributed by atoms with Crippen LogP contribution >= 0.6 is 0 Å². The number of carbonyl (C=O) groups excluding carboxylic acids is 3. The highest BCUT2D eigenvalue weighted by atomic mass is 16.7. The number of Topliss-reactive ketones (excluding diaryl/α,β-unsaturated/α-hetero) is 1. The summed E-state index contributed by atoms with van der Waals surface area (Å²) in [6.45, 7) is 3.63. The topological polar surface area (TPSA) is 88.1 Å². The summed E-state index contributed by atoms with van der Waals surface area (Å²) in [6.07, 6.45) is -0.908. The number of rotatable bonds is 11. The van der Waals surface area contributed by atoms with Gasteiger partial charge >= 0.3 is 6.16 Å². The van der Waals surface area contributed by atoms with Crippen LogP contribution in [-0.4, -0.2) is 57.4 Å². The molecule has 0 saturated carbocycles. The molecule has 0 heterocycles. The van der Waals surface area contributed by atoms with Gasteiger partial charge in [0, 0.05) is 26.6 Å². The first kappa shape index (κ1) is 18.5. The lowest BCUT2D eigenvalue weighted by Crippen LogP contribution is -2.27. The molecule has 0 bridgehead atoms. The van der Waals surface area contributed by atoms with E-state index in [0.29, 0.717) is 19.3 Å². The monoisotopic (exact) mass is 290 g/mol. The molecule has 0 amide bonds. The lowest BCUT2D eigenvalue weighted by atomic mass is 10.2. The summed E-state index contributed by atoms with van der Waals surface area (Å²) in [6, 6.07) is 0. The fourth-order valence-corrected chi connectivity index (χ4v) is 1.19. The predicted octanol–water partition coefficient (Wildman–Crippen LogP) is 1.13. The molecule has 0 aliphatic rings. The quantitative estimate of drug-likeness (QED) is 0.320. The van der Waals surface area contributed by atoms with Crippen molar-refractivity contribution in [3.8, 4) is 0 Å². The summed E-state index contributed by atoms with van der Waals surface area (Å²) in [5.41, 5.74) is 0. The number of hydrogen-bond donors (Lipinski definition) is 0. The Labute approximate surface area is 118 Å². The van der Waals surface area contributed by atoms with Crippen molar-refractivity contribution in [1.29, 1.82) is 0 Å². The first-order valence-electron chi connectivity index (χ1n) is 6.41. The summed E-state index contributed by atoms with van der Waals surface area (Å²) in [5.74, 6) is -0.171. The van der Waals surface area contributed by atoms with Crippen LogP contribution in [0, 0.1) is 0 Å². The van der Waals surface area contributed by atoms with Gasteiger partial charge in [-0.3, -0.25) is 4.79 Å². The Morgan fingerprint density at radius 1 is 1.15 bits per heavy atom. The van der Waals surface area contributed by atoms with Crippen molar-refractivity contribution in [2.24, 2.45) is 0 Å². The first-order chi connectivity index (χ1) is 9.51. The van der Waals surface area contributed by atoms with Gasteiger partial charge in [-0.05, 0) is 13.8 Å². The Bertz CT molecular complexity index is 303. The first-order valence-corrected chi connectivity index (χ1v) is 6.41. The lowest BCUT2D eigenvalue weighted by molar-refractivity contribution is -0.136. The predicted molar refractivity (Wildman–Crippen MR) is 69.5 cm³/mol. The van der Waals surface area contributed by atoms with Crippen LogP contribution in [0.3, 0.4) is 0 Å². The standard InChI is InChI=1S/C13H22O7/c1-10(15)11(2)20-12(9-14)5-8-19-13(16)18-7-4-6-17-3/h9,11-12H,4-8H2,1-3H3. The van der Waals surface area contributed by atoms with Crippen molar-refractivity contribution >= 4 is 18.2 Å². The number of carbonyl (C=O) groups is 3. The molecule has 2 atom stereocenters. The van der Waals surface area contributed by atoms with Crippen molar-refractivity contribution in [3.63, 3.8) is 0 Å². The number of ether oxygens (including phenoxy) is 4. The van der Waals surface area contributed by atoms with Gasteiger partial charge in [-0.1, -0.05) is 0 Å². The molecule has 0 N–H and O–H groups in total. The molecule has 7 heteroatoms. The van der Waals surface area contributed by atoms with Crippen LogP contribution in [0.15, 0.2) is 0 Å².